The van der Waals surface area contributed by atoms with E-state index in [-0.39, 0.29) is 0 Å². The summed E-state index contributed by atoms with van der Waals surface area (Å²) in [7, 11) is 2.19. The summed E-state index contributed by atoms with van der Waals surface area (Å²) >= 11 is 0. The summed E-state index contributed by atoms with van der Waals surface area (Å²) in [5, 5.41) is 6.34. The number of fused-ring (bicyclic) bond motifs is 5. The Morgan fingerprint density at radius 2 is 1.61 bits per heavy atom. The highest BCUT2D eigenvalue weighted by molar-refractivity contribution is 6.10. The summed E-state index contributed by atoms with van der Waals surface area (Å²) in [5.41, 5.74) is 6.36. The zero-order chi connectivity index (χ0) is 21.3. The Morgan fingerprint density at radius 3 is 2.45 bits per heavy atom. The Labute approximate surface area is 182 Å². The van der Waals surface area contributed by atoms with Crippen LogP contribution < -0.4 is 9.30 Å². The number of aromatic nitrogens is 1. The molecule has 0 fully saturated rings. The Bertz CT molecular complexity index is 1530. The molecule has 0 saturated heterocycles. The largest absolute Gasteiger partial charge is 0.449 e. The second-order valence-corrected chi connectivity index (χ2v) is 9.21. The van der Waals surface area contributed by atoms with Crippen molar-refractivity contribution in [1.82, 2.24) is 0 Å². The molecule has 1 aliphatic heterocycles. The van der Waals surface area contributed by atoms with Gasteiger partial charge in [0.15, 0.2) is 0 Å². The number of hydrogen-bond donors (Lipinski definition) is 0. The first-order valence-electron chi connectivity index (χ1n) is 11.1. The summed E-state index contributed by atoms with van der Waals surface area (Å²) in [6, 6.07) is 24.1. The lowest BCUT2D eigenvalue weighted by atomic mass is 9.88. The number of benzene rings is 4. The van der Waals surface area contributed by atoms with E-state index in [1.807, 2.05) is 0 Å². The summed E-state index contributed by atoms with van der Waals surface area (Å²) in [6.45, 7) is 6.80. The van der Waals surface area contributed by atoms with Gasteiger partial charge in [0.25, 0.3) is 5.69 Å². The van der Waals surface area contributed by atoms with Crippen LogP contribution in [0.25, 0.3) is 43.7 Å². The molecule has 1 aliphatic rings. The molecule has 0 bridgehead atoms. The number of hydrogen-bond acceptors (Lipinski definition) is 1. The monoisotopic (exact) mass is 404 g/mol. The van der Waals surface area contributed by atoms with Gasteiger partial charge in [-0.1, -0.05) is 62.4 Å². The van der Waals surface area contributed by atoms with Crippen LogP contribution in [0.3, 0.4) is 0 Å². The molecule has 31 heavy (non-hydrogen) atoms. The topological polar surface area (TPSA) is 13.1 Å². The molecule has 6 rings (SSSR count). The van der Waals surface area contributed by atoms with E-state index in [1.165, 1.54) is 54.8 Å². The fourth-order valence-electron chi connectivity index (χ4n) is 5.33. The normalized spacial score (nSPS) is 12.5. The summed E-state index contributed by atoms with van der Waals surface area (Å²) in [4.78, 5) is 0. The maximum atomic E-state index is 6.75. The zero-order valence-electron chi connectivity index (χ0n) is 18.5. The molecule has 4 aromatic carbocycles. The van der Waals surface area contributed by atoms with E-state index >= 15 is 0 Å². The molecular formula is C29H26NO+. The molecule has 0 aliphatic carbocycles. The third-order valence-electron chi connectivity index (χ3n) is 6.67. The predicted molar refractivity (Wildman–Crippen MR) is 129 cm³/mol. The average molecular weight is 405 g/mol. The molecule has 1 aromatic heterocycles. The van der Waals surface area contributed by atoms with Gasteiger partial charge < -0.3 is 4.74 Å². The van der Waals surface area contributed by atoms with Gasteiger partial charge in [0.05, 0.1) is 10.9 Å². The number of nitrogens with zero attached hydrogens (tertiary/aromatic N) is 1. The number of ether oxygens (including phenoxy) is 1. The zero-order valence-corrected chi connectivity index (χ0v) is 18.5. The van der Waals surface area contributed by atoms with Gasteiger partial charge in [0.1, 0.15) is 12.8 Å². The molecule has 0 atom stereocenters. The maximum absolute atomic E-state index is 6.75. The van der Waals surface area contributed by atoms with Gasteiger partial charge >= 0.3 is 0 Å². The van der Waals surface area contributed by atoms with Crippen LogP contribution in [0.5, 0.6) is 11.5 Å². The van der Waals surface area contributed by atoms with Crippen molar-refractivity contribution in [2.75, 3.05) is 0 Å². The van der Waals surface area contributed by atoms with Gasteiger partial charge in [-0.05, 0) is 53.1 Å². The molecular weight excluding hydrogens is 378 g/mol. The summed E-state index contributed by atoms with van der Waals surface area (Å²) < 4.78 is 9.10. The third kappa shape index (κ3) is 2.54. The Kier molecular flexibility index (Phi) is 3.89. The SMILES string of the molecule is Cc1ccc2cccc3c2c1-c1c(c(CC(C)C)c2c4ccccc4ccc2[n+]1C)O3. The number of pyridine rings is 1. The van der Waals surface area contributed by atoms with Crippen molar-refractivity contribution in [2.45, 2.75) is 27.2 Å². The van der Waals surface area contributed by atoms with Crippen LogP contribution in [0, 0.1) is 12.8 Å². The van der Waals surface area contributed by atoms with Gasteiger partial charge in [-0.2, -0.15) is 4.57 Å². The van der Waals surface area contributed by atoms with E-state index < -0.39 is 0 Å². The van der Waals surface area contributed by atoms with Crippen molar-refractivity contribution in [3.63, 3.8) is 0 Å². The Hall–Kier alpha value is -3.39. The highest BCUT2D eigenvalue weighted by Gasteiger charge is 2.34. The van der Waals surface area contributed by atoms with Gasteiger partial charge in [0, 0.05) is 17.0 Å². The minimum absolute atomic E-state index is 0.525. The summed E-state index contributed by atoms with van der Waals surface area (Å²) in [6.07, 6.45) is 0.977. The molecule has 2 nitrogen and oxygen atoms in total. The van der Waals surface area contributed by atoms with Crippen molar-refractivity contribution in [1.29, 1.82) is 0 Å². The van der Waals surface area contributed by atoms with E-state index in [0.717, 1.165) is 17.9 Å². The first-order valence-corrected chi connectivity index (χ1v) is 11.1. The van der Waals surface area contributed by atoms with Crippen molar-refractivity contribution < 1.29 is 9.30 Å². The predicted octanol–water partition coefficient (Wildman–Crippen LogP) is 7.25. The van der Waals surface area contributed by atoms with Gasteiger partial charge in [-0.15, -0.1) is 0 Å². The Morgan fingerprint density at radius 1 is 0.839 bits per heavy atom. The highest BCUT2D eigenvalue weighted by Crippen LogP contribution is 2.50. The van der Waals surface area contributed by atoms with E-state index in [1.54, 1.807) is 0 Å². The molecule has 0 N–H and O–H groups in total. The fraction of sp³-hybridized carbons (Fsp3) is 0.207. The molecule has 0 saturated carbocycles. The number of rotatable bonds is 2. The quantitative estimate of drug-likeness (QED) is 0.219. The van der Waals surface area contributed by atoms with Gasteiger partial charge in [0.2, 0.25) is 11.3 Å². The lowest BCUT2D eigenvalue weighted by Crippen LogP contribution is -2.34. The molecule has 152 valence electrons. The number of aryl methyl sites for hydroxylation is 2. The van der Waals surface area contributed by atoms with Crippen LogP contribution in [-0.4, -0.2) is 0 Å². The lowest BCUT2D eigenvalue weighted by Gasteiger charge is -2.24. The van der Waals surface area contributed by atoms with Crippen LogP contribution in [-0.2, 0) is 13.5 Å². The van der Waals surface area contributed by atoms with Crippen molar-refractivity contribution in [3.8, 4) is 22.8 Å². The minimum Gasteiger partial charge on any atom is -0.449 e. The molecule has 0 spiro atoms. The van der Waals surface area contributed by atoms with Crippen molar-refractivity contribution in [2.24, 2.45) is 13.0 Å². The maximum Gasteiger partial charge on any atom is 0.257 e. The molecule has 0 unspecified atom stereocenters. The smallest absolute Gasteiger partial charge is 0.257 e. The summed E-state index contributed by atoms with van der Waals surface area (Å²) in [5.74, 6) is 2.51. The standard InChI is InChI=1S/C29H26NO/c1-17(2)16-22-27-21-10-6-5-8-19(21)14-15-23(27)30(4)28-25-18(3)12-13-20-9-7-11-24(26(20)25)31-29(22)28/h5-15,17H,16H2,1-4H3/q+1. The van der Waals surface area contributed by atoms with Crippen LogP contribution in [0.1, 0.15) is 25.0 Å². The van der Waals surface area contributed by atoms with Crippen LogP contribution >= 0.6 is 0 Å². The average Bonchev–Trinajstić information content (AvgIpc) is 2.77. The fourth-order valence-corrected chi connectivity index (χ4v) is 5.33. The van der Waals surface area contributed by atoms with Gasteiger partial charge in [-0.3, -0.25) is 0 Å². The van der Waals surface area contributed by atoms with E-state index in [2.05, 4.69) is 99.1 Å². The molecule has 2 heteroatoms. The molecule has 5 aromatic rings. The third-order valence-corrected chi connectivity index (χ3v) is 6.67. The van der Waals surface area contributed by atoms with Gasteiger partial charge in [-0.25, -0.2) is 0 Å². The first-order chi connectivity index (χ1) is 15.0. The van der Waals surface area contributed by atoms with Crippen LogP contribution in [0.15, 0.2) is 66.7 Å². The highest BCUT2D eigenvalue weighted by atomic mass is 16.5. The van der Waals surface area contributed by atoms with E-state index in [4.69, 9.17) is 4.74 Å². The molecule has 0 radical (unpaired) electrons. The van der Waals surface area contributed by atoms with Crippen molar-refractivity contribution >= 4 is 32.4 Å². The molecule has 0 amide bonds. The van der Waals surface area contributed by atoms with Crippen molar-refractivity contribution in [3.05, 3.63) is 77.9 Å². The van der Waals surface area contributed by atoms with E-state index in [9.17, 15) is 0 Å². The van der Waals surface area contributed by atoms with Crippen LogP contribution in [0.4, 0.5) is 0 Å². The molecule has 2 heterocycles. The Balaban J connectivity index is 1.86. The second kappa shape index (κ2) is 6.55. The van der Waals surface area contributed by atoms with E-state index in [0.29, 0.717) is 5.92 Å². The second-order valence-electron chi connectivity index (χ2n) is 9.21. The lowest BCUT2D eigenvalue weighted by molar-refractivity contribution is -0.633. The first kappa shape index (κ1) is 18.4. The van der Waals surface area contributed by atoms with Crippen LogP contribution in [0.2, 0.25) is 0 Å². The minimum atomic E-state index is 0.525.